The zero-order valence-corrected chi connectivity index (χ0v) is 14.8. The van der Waals surface area contributed by atoms with Crippen LogP contribution in [0.4, 0.5) is 0 Å². The van der Waals surface area contributed by atoms with Gasteiger partial charge in [0.25, 0.3) is 0 Å². The zero-order valence-electron chi connectivity index (χ0n) is 14.8. The summed E-state index contributed by atoms with van der Waals surface area (Å²) in [4.78, 5) is 4.95. The van der Waals surface area contributed by atoms with Crippen molar-refractivity contribution in [2.24, 2.45) is 0 Å². The van der Waals surface area contributed by atoms with E-state index in [-0.39, 0.29) is 0 Å². The Morgan fingerprint density at radius 3 is 1.68 bits per heavy atom. The van der Waals surface area contributed by atoms with Crippen molar-refractivity contribution in [3.63, 3.8) is 0 Å². The first-order valence-electron chi connectivity index (χ1n) is 8.05. The molecule has 1 heterocycles. The molecule has 0 bridgehead atoms. The van der Waals surface area contributed by atoms with E-state index in [0.717, 1.165) is 0 Å². The van der Waals surface area contributed by atoms with E-state index in [1.165, 1.54) is 45.3 Å². The fourth-order valence-corrected chi connectivity index (χ4v) is 2.12. The summed E-state index contributed by atoms with van der Waals surface area (Å²) >= 11 is 0. The van der Waals surface area contributed by atoms with Gasteiger partial charge in [-0.2, -0.15) is 0 Å². The molecule has 0 aromatic carbocycles. The van der Waals surface area contributed by atoms with Crippen LogP contribution in [0.15, 0.2) is 0 Å². The topological polar surface area (TPSA) is 6.48 Å². The first-order valence-corrected chi connectivity index (χ1v) is 8.05. The van der Waals surface area contributed by atoms with Gasteiger partial charge in [-0.15, -0.1) is 0 Å². The van der Waals surface area contributed by atoms with Gasteiger partial charge < -0.3 is 4.90 Å². The molecule has 0 amide bonds. The Labute approximate surface area is 122 Å². The maximum atomic E-state index is 2.55. The predicted molar refractivity (Wildman–Crippen MR) is 87.9 cm³/mol. The van der Waals surface area contributed by atoms with Gasteiger partial charge in [0.05, 0.1) is 0 Å². The zero-order chi connectivity index (χ0) is 15.1. The molecule has 0 unspecified atom stereocenters. The minimum atomic E-state index is 0.342. The average Bonchev–Trinajstić information content (AvgIpc) is 2.78. The number of likely N-dealkylation sites (tertiary alicyclic amines) is 1. The van der Waals surface area contributed by atoms with E-state index in [1.807, 2.05) is 0 Å². The first kappa shape index (κ1) is 18.9. The Hall–Kier alpha value is -0.0800. The molecule has 1 saturated heterocycles. The third-order valence-electron chi connectivity index (χ3n) is 4.05. The van der Waals surface area contributed by atoms with Crippen molar-refractivity contribution in [3.8, 4) is 0 Å². The highest BCUT2D eigenvalue weighted by Gasteiger charge is 2.23. The van der Waals surface area contributed by atoms with Gasteiger partial charge in [0.2, 0.25) is 0 Å². The number of rotatable bonds is 3. The summed E-state index contributed by atoms with van der Waals surface area (Å²) in [6, 6.07) is 0. The van der Waals surface area contributed by atoms with E-state index in [1.54, 1.807) is 0 Å². The maximum absolute atomic E-state index is 2.55. The molecule has 116 valence electrons. The minimum Gasteiger partial charge on any atom is -0.302 e. The fourth-order valence-electron chi connectivity index (χ4n) is 2.12. The third kappa shape index (κ3) is 8.65. The van der Waals surface area contributed by atoms with Crippen LogP contribution in [-0.2, 0) is 0 Å². The van der Waals surface area contributed by atoms with Crippen molar-refractivity contribution < 1.29 is 0 Å². The Kier molecular flexibility index (Phi) is 8.23. The second-order valence-corrected chi connectivity index (χ2v) is 7.81. The third-order valence-corrected chi connectivity index (χ3v) is 4.05. The molecule has 19 heavy (non-hydrogen) atoms. The van der Waals surface area contributed by atoms with Crippen LogP contribution in [0, 0.1) is 0 Å². The Bertz CT molecular complexity index is 216. The summed E-state index contributed by atoms with van der Waals surface area (Å²) in [5.41, 5.74) is 0.756. The van der Waals surface area contributed by atoms with Crippen LogP contribution in [0.5, 0.6) is 0 Å². The van der Waals surface area contributed by atoms with Gasteiger partial charge in [0.1, 0.15) is 0 Å². The summed E-state index contributed by atoms with van der Waals surface area (Å²) in [5, 5.41) is 0. The van der Waals surface area contributed by atoms with Crippen molar-refractivity contribution >= 4 is 0 Å². The van der Waals surface area contributed by atoms with Crippen LogP contribution >= 0.6 is 0 Å². The van der Waals surface area contributed by atoms with Gasteiger partial charge in [-0.25, -0.2) is 0 Å². The molecular formula is C17H38N2. The monoisotopic (exact) mass is 270 g/mol. The molecule has 0 N–H and O–H groups in total. The van der Waals surface area contributed by atoms with Crippen LogP contribution in [0.25, 0.3) is 0 Å². The van der Waals surface area contributed by atoms with E-state index < -0.39 is 0 Å². The summed E-state index contributed by atoms with van der Waals surface area (Å²) in [5.74, 6) is 0. The predicted octanol–water partition coefficient (Wildman–Crippen LogP) is 4.40. The lowest BCUT2D eigenvalue weighted by Crippen LogP contribution is -2.38. The van der Waals surface area contributed by atoms with E-state index in [2.05, 4.69) is 65.3 Å². The lowest BCUT2D eigenvalue weighted by Gasteiger charge is -2.31. The van der Waals surface area contributed by atoms with Crippen LogP contribution in [-0.4, -0.2) is 47.6 Å². The van der Waals surface area contributed by atoms with E-state index in [9.17, 15) is 0 Å². The van der Waals surface area contributed by atoms with Crippen molar-refractivity contribution in [1.29, 1.82) is 0 Å². The first-order chi connectivity index (χ1) is 8.59. The molecule has 2 nitrogen and oxygen atoms in total. The molecule has 0 atom stereocenters. The molecule has 2 heteroatoms. The average molecular weight is 271 g/mol. The van der Waals surface area contributed by atoms with Gasteiger partial charge in [-0.3, -0.25) is 4.90 Å². The summed E-state index contributed by atoms with van der Waals surface area (Å²) < 4.78 is 0. The molecule has 1 rings (SSSR count). The second kappa shape index (κ2) is 8.26. The summed E-state index contributed by atoms with van der Waals surface area (Å²) in [6.45, 7) is 19.7. The molecule has 1 fully saturated rings. The smallest absolute Gasteiger partial charge is 0.0125 e. The van der Waals surface area contributed by atoms with E-state index in [0.29, 0.717) is 11.1 Å². The fraction of sp³-hybridized carbons (Fsp3) is 1.00. The molecule has 1 aliphatic heterocycles. The second-order valence-electron chi connectivity index (χ2n) is 7.81. The maximum Gasteiger partial charge on any atom is 0.0125 e. The Morgan fingerprint density at radius 2 is 1.42 bits per heavy atom. The molecule has 0 radical (unpaired) electrons. The summed E-state index contributed by atoms with van der Waals surface area (Å²) in [7, 11) is 2.19. The van der Waals surface area contributed by atoms with Crippen molar-refractivity contribution in [2.75, 3.05) is 26.7 Å². The van der Waals surface area contributed by atoms with Crippen LogP contribution in [0.3, 0.4) is 0 Å². The molecule has 0 aromatic rings. The molecule has 0 saturated carbocycles. The van der Waals surface area contributed by atoms with Crippen molar-refractivity contribution in [2.45, 2.75) is 85.2 Å². The van der Waals surface area contributed by atoms with Gasteiger partial charge in [0.15, 0.2) is 0 Å². The Morgan fingerprint density at radius 1 is 0.947 bits per heavy atom. The van der Waals surface area contributed by atoms with E-state index >= 15 is 0 Å². The van der Waals surface area contributed by atoms with Gasteiger partial charge in [-0.05, 0) is 87.5 Å². The SMILES string of the molecule is CC(C)(C)N1CCCC1.CCCCN(C)C(C)(C)C. The molecule has 1 aliphatic rings. The van der Waals surface area contributed by atoms with Crippen LogP contribution in [0.2, 0.25) is 0 Å². The van der Waals surface area contributed by atoms with E-state index in [4.69, 9.17) is 0 Å². The number of unbranched alkanes of at least 4 members (excludes halogenated alkanes) is 1. The highest BCUT2D eigenvalue weighted by Crippen LogP contribution is 2.19. The van der Waals surface area contributed by atoms with Crippen LogP contribution < -0.4 is 0 Å². The standard InChI is InChI=1S/C9H21N.C8H17N/c1-6-7-8-10(5)9(2,3)4;1-8(2,3)9-6-4-5-7-9/h6-8H2,1-5H3;4-7H2,1-3H3. The van der Waals surface area contributed by atoms with Crippen LogP contribution in [0.1, 0.15) is 74.1 Å². The molecular weight excluding hydrogens is 232 g/mol. The number of hydrogen-bond acceptors (Lipinski definition) is 2. The highest BCUT2D eigenvalue weighted by atomic mass is 15.2. The summed E-state index contributed by atoms with van der Waals surface area (Å²) in [6.07, 6.45) is 5.41. The molecule has 0 aromatic heterocycles. The quantitative estimate of drug-likeness (QED) is 0.750. The molecule has 0 spiro atoms. The van der Waals surface area contributed by atoms with Gasteiger partial charge >= 0.3 is 0 Å². The minimum absolute atomic E-state index is 0.342. The number of hydrogen-bond donors (Lipinski definition) is 0. The largest absolute Gasteiger partial charge is 0.302 e. The normalized spacial score (nSPS) is 17.5. The van der Waals surface area contributed by atoms with Gasteiger partial charge in [-0.1, -0.05) is 13.3 Å². The van der Waals surface area contributed by atoms with Crippen molar-refractivity contribution in [1.82, 2.24) is 9.80 Å². The van der Waals surface area contributed by atoms with Gasteiger partial charge in [0, 0.05) is 11.1 Å². The Balaban J connectivity index is 0.000000342. The molecule has 0 aliphatic carbocycles. The van der Waals surface area contributed by atoms with Crippen molar-refractivity contribution in [3.05, 3.63) is 0 Å². The lowest BCUT2D eigenvalue weighted by atomic mass is 10.1. The number of nitrogens with zero attached hydrogens (tertiary/aromatic N) is 2. The highest BCUT2D eigenvalue weighted by molar-refractivity contribution is 4.79. The lowest BCUT2D eigenvalue weighted by molar-refractivity contribution is 0.173.